The molecule has 3 heteroatoms. The van der Waals surface area contributed by atoms with Crippen LogP contribution < -0.4 is 5.32 Å². The molecule has 25 heavy (non-hydrogen) atoms. The molecule has 2 nitrogen and oxygen atoms in total. The Kier molecular flexibility index (Phi) is 4.00. The van der Waals surface area contributed by atoms with Gasteiger partial charge in [-0.15, -0.1) is 11.3 Å². The summed E-state index contributed by atoms with van der Waals surface area (Å²) in [6, 6.07) is 0.382. The van der Waals surface area contributed by atoms with E-state index in [1.165, 1.54) is 68.2 Å². The molecule has 5 aliphatic carbocycles. The van der Waals surface area contributed by atoms with E-state index in [4.69, 9.17) is 0 Å². The highest BCUT2D eigenvalue weighted by Gasteiger charge is 2.54. The number of amides is 1. The number of fused-ring (bicyclic) bond motifs is 1. The number of hydrogen-bond acceptors (Lipinski definition) is 2. The molecule has 4 bridgehead atoms. The van der Waals surface area contributed by atoms with Gasteiger partial charge in [0.15, 0.2) is 0 Å². The lowest BCUT2D eigenvalue weighted by Gasteiger charge is -2.59. The molecule has 4 fully saturated rings. The Hall–Kier alpha value is -0.830. The highest BCUT2D eigenvalue weighted by atomic mass is 32.1. The van der Waals surface area contributed by atoms with Crippen molar-refractivity contribution in [2.75, 3.05) is 0 Å². The smallest absolute Gasteiger partial charge is 0.252 e. The third-order valence-electron chi connectivity index (χ3n) is 7.84. The summed E-state index contributed by atoms with van der Waals surface area (Å²) in [5.41, 5.74) is 2.78. The summed E-state index contributed by atoms with van der Waals surface area (Å²) in [5.74, 6) is 3.07. The van der Waals surface area contributed by atoms with E-state index in [9.17, 15) is 4.79 Å². The number of rotatable bonds is 4. The summed E-state index contributed by atoms with van der Waals surface area (Å²) < 4.78 is 0. The van der Waals surface area contributed by atoms with E-state index in [-0.39, 0.29) is 5.91 Å². The average Bonchev–Trinajstić information content (AvgIpc) is 3.02. The maximum atomic E-state index is 13.1. The Morgan fingerprint density at radius 1 is 1.16 bits per heavy atom. The average molecular weight is 358 g/mol. The molecule has 0 aliphatic heterocycles. The minimum Gasteiger partial charge on any atom is -0.349 e. The van der Waals surface area contributed by atoms with Crippen LogP contribution in [0, 0.1) is 23.2 Å². The van der Waals surface area contributed by atoms with Gasteiger partial charge < -0.3 is 5.32 Å². The minimum absolute atomic E-state index is 0.224. The number of carbonyl (C=O) groups excluding carboxylic acids is 1. The molecular weight excluding hydrogens is 326 g/mol. The molecule has 1 amide bonds. The molecule has 1 unspecified atom stereocenters. The van der Waals surface area contributed by atoms with Crippen LogP contribution >= 0.6 is 11.3 Å². The van der Waals surface area contributed by atoms with Gasteiger partial charge in [-0.2, -0.15) is 0 Å². The second kappa shape index (κ2) is 6.11. The van der Waals surface area contributed by atoms with Crippen LogP contribution in [0.3, 0.4) is 0 Å². The first-order chi connectivity index (χ1) is 12.2. The number of carbonyl (C=O) groups is 1. The molecule has 1 aromatic heterocycles. The van der Waals surface area contributed by atoms with Gasteiger partial charge in [0.2, 0.25) is 0 Å². The summed E-state index contributed by atoms with van der Waals surface area (Å²) in [5, 5.41) is 5.68. The second-order valence-corrected chi connectivity index (χ2v) is 10.4. The molecule has 136 valence electrons. The highest BCUT2D eigenvalue weighted by Crippen LogP contribution is 2.61. The predicted octanol–water partition coefficient (Wildman–Crippen LogP) is 5.35. The molecule has 1 aromatic rings. The second-order valence-electron chi connectivity index (χ2n) is 9.47. The monoisotopic (exact) mass is 357 g/mol. The molecule has 1 atom stereocenters. The lowest BCUT2D eigenvalue weighted by molar-refractivity contribution is -0.0727. The van der Waals surface area contributed by atoms with Crippen molar-refractivity contribution >= 4 is 17.2 Å². The standard InChI is InChI=1S/C22H31NOS/c1-2-20(22-10-14-7-15(11-22)9-16(8-14)12-22)23-21(24)18-13-25-19-6-4-3-5-17(18)19/h13-16,20H,2-12H2,1H3,(H,23,24). The Balaban J connectivity index is 1.37. The van der Waals surface area contributed by atoms with Crippen molar-refractivity contribution in [2.45, 2.75) is 83.6 Å². The van der Waals surface area contributed by atoms with Gasteiger partial charge in [-0.05, 0) is 99.4 Å². The van der Waals surface area contributed by atoms with Gasteiger partial charge in [-0.25, -0.2) is 0 Å². The Bertz CT molecular complexity index is 640. The van der Waals surface area contributed by atoms with Crippen LogP contribution in [0.4, 0.5) is 0 Å². The van der Waals surface area contributed by atoms with Gasteiger partial charge in [0, 0.05) is 16.3 Å². The Morgan fingerprint density at radius 3 is 2.44 bits per heavy atom. The molecule has 4 saturated carbocycles. The third-order valence-corrected chi connectivity index (χ3v) is 8.93. The van der Waals surface area contributed by atoms with Crippen LogP contribution in [0.25, 0.3) is 0 Å². The molecule has 0 radical (unpaired) electrons. The fourth-order valence-corrected chi connectivity index (χ4v) is 8.34. The molecule has 5 aliphatic rings. The number of thiophene rings is 1. The molecule has 1 N–H and O–H groups in total. The van der Waals surface area contributed by atoms with Crippen molar-refractivity contribution in [1.82, 2.24) is 5.32 Å². The van der Waals surface area contributed by atoms with Crippen LogP contribution in [0.1, 0.15) is 85.5 Å². The molecule has 6 rings (SSSR count). The van der Waals surface area contributed by atoms with Gasteiger partial charge >= 0.3 is 0 Å². The Labute approximate surface area is 155 Å². The van der Waals surface area contributed by atoms with Crippen molar-refractivity contribution < 1.29 is 4.79 Å². The zero-order valence-electron chi connectivity index (χ0n) is 15.5. The van der Waals surface area contributed by atoms with Crippen molar-refractivity contribution in [3.63, 3.8) is 0 Å². The first kappa shape index (κ1) is 16.4. The maximum Gasteiger partial charge on any atom is 0.252 e. The van der Waals surface area contributed by atoms with Crippen LogP contribution in [0.15, 0.2) is 5.38 Å². The molecule has 1 heterocycles. The Morgan fingerprint density at radius 2 is 1.80 bits per heavy atom. The largest absolute Gasteiger partial charge is 0.349 e. The summed E-state index contributed by atoms with van der Waals surface area (Å²) in [6.45, 7) is 2.28. The first-order valence-electron chi connectivity index (χ1n) is 10.6. The predicted molar refractivity (Wildman–Crippen MR) is 103 cm³/mol. The van der Waals surface area contributed by atoms with E-state index < -0.39 is 0 Å². The lowest BCUT2D eigenvalue weighted by Crippen LogP contribution is -2.56. The molecule has 0 spiro atoms. The number of nitrogens with one attached hydrogen (secondary N) is 1. The van der Waals surface area contributed by atoms with Crippen molar-refractivity contribution in [3.8, 4) is 0 Å². The zero-order chi connectivity index (χ0) is 17.0. The quantitative estimate of drug-likeness (QED) is 0.773. The van der Waals surface area contributed by atoms with E-state index in [1.54, 1.807) is 0 Å². The van der Waals surface area contributed by atoms with E-state index in [2.05, 4.69) is 17.6 Å². The molecule has 0 aromatic carbocycles. The highest BCUT2D eigenvalue weighted by molar-refractivity contribution is 7.10. The van der Waals surface area contributed by atoms with Crippen molar-refractivity contribution in [2.24, 2.45) is 23.2 Å². The van der Waals surface area contributed by atoms with Crippen molar-refractivity contribution in [1.29, 1.82) is 0 Å². The van der Waals surface area contributed by atoms with Gasteiger partial charge in [0.25, 0.3) is 5.91 Å². The van der Waals surface area contributed by atoms with E-state index >= 15 is 0 Å². The van der Waals surface area contributed by atoms with E-state index in [1.807, 2.05) is 11.3 Å². The lowest BCUT2D eigenvalue weighted by atomic mass is 9.47. The van der Waals surface area contributed by atoms with Crippen LogP contribution in [-0.4, -0.2) is 11.9 Å². The summed E-state index contributed by atoms with van der Waals surface area (Å²) in [4.78, 5) is 14.6. The number of hydrogen-bond donors (Lipinski definition) is 1. The number of aryl methyl sites for hydroxylation is 1. The summed E-state index contributed by atoms with van der Waals surface area (Å²) in [7, 11) is 0. The fourth-order valence-electron chi connectivity index (χ4n) is 7.21. The van der Waals surface area contributed by atoms with Gasteiger partial charge in [0.05, 0.1) is 5.56 Å². The van der Waals surface area contributed by atoms with Crippen LogP contribution in [0.2, 0.25) is 0 Å². The van der Waals surface area contributed by atoms with Gasteiger partial charge in [-0.1, -0.05) is 6.92 Å². The van der Waals surface area contributed by atoms with E-state index in [0.29, 0.717) is 11.5 Å². The van der Waals surface area contributed by atoms with Crippen LogP contribution in [0.5, 0.6) is 0 Å². The molecule has 0 saturated heterocycles. The topological polar surface area (TPSA) is 29.1 Å². The fraction of sp³-hybridized carbons (Fsp3) is 0.773. The zero-order valence-corrected chi connectivity index (χ0v) is 16.3. The SMILES string of the molecule is CCC(NC(=O)c1csc2c1CCCC2)C12CC3CC(CC(C3)C1)C2. The van der Waals surface area contributed by atoms with Crippen LogP contribution in [-0.2, 0) is 12.8 Å². The van der Waals surface area contributed by atoms with E-state index in [0.717, 1.165) is 36.2 Å². The van der Waals surface area contributed by atoms with Crippen molar-refractivity contribution in [3.05, 3.63) is 21.4 Å². The van der Waals surface area contributed by atoms with Gasteiger partial charge in [0.1, 0.15) is 0 Å². The molecular formula is C22H31NOS. The first-order valence-corrected chi connectivity index (χ1v) is 11.4. The third kappa shape index (κ3) is 2.69. The normalized spacial score (nSPS) is 36.9. The van der Waals surface area contributed by atoms with Gasteiger partial charge in [-0.3, -0.25) is 4.79 Å². The maximum absolute atomic E-state index is 13.1. The summed E-state index contributed by atoms with van der Waals surface area (Å²) >= 11 is 1.81. The minimum atomic E-state index is 0.224. The summed E-state index contributed by atoms with van der Waals surface area (Å²) in [6.07, 6.45) is 14.5.